The maximum Gasteiger partial charge on any atom is 0.343 e. The van der Waals surface area contributed by atoms with Crippen molar-refractivity contribution < 1.29 is 23.9 Å². The Kier molecular flexibility index (Phi) is 6.99. The zero-order valence-electron chi connectivity index (χ0n) is 16.7. The number of nitrogens with zero attached hydrogens (tertiary/aromatic N) is 2. The Hall–Kier alpha value is -2.88. The molecule has 1 amide bonds. The van der Waals surface area contributed by atoms with Gasteiger partial charge in [0.05, 0.1) is 12.8 Å². The van der Waals surface area contributed by atoms with E-state index in [0.717, 1.165) is 11.3 Å². The number of hydrogen-bond acceptors (Lipinski definition) is 7. The Labute approximate surface area is 191 Å². The molecule has 1 aromatic carbocycles. The number of aromatic nitrogens is 2. The van der Waals surface area contributed by atoms with Crippen molar-refractivity contribution in [3.8, 4) is 11.1 Å². The number of carbonyl (C=O) groups is 3. The van der Waals surface area contributed by atoms with Crippen LogP contribution in [0.25, 0.3) is 11.1 Å². The van der Waals surface area contributed by atoms with Crippen LogP contribution in [-0.2, 0) is 21.3 Å². The number of amides is 1. The van der Waals surface area contributed by atoms with Gasteiger partial charge in [0, 0.05) is 28.6 Å². The quantitative estimate of drug-likeness (QED) is 0.525. The molecule has 0 unspecified atom stereocenters. The summed E-state index contributed by atoms with van der Waals surface area (Å²) in [5.74, 6) is -2.05. The average Bonchev–Trinajstić information content (AvgIpc) is 3.25. The second kappa shape index (κ2) is 9.51. The van der Waals surface area contributed by atoms with E-state index in [1.165, 1.54) is 11.8 Å². The minimum absolute atomic E-state index is 0.0874. The molecule has 0 aliphatic rings. The smallest absolute Gasteiger partial charge is 0.343 e. The van der Waals surface area contributed by atoms with E-state index in [-0.39, 0.29) is 21.3 Å². The van der Waals surface area contributed by atoms with Gasteiger partial charge in [-0.15, -0.1) is 11.3 Å². The number of aryl methyl sites for hydroxylation is 2. The highest BCUT2D eigenvalue weighted by Gasteiger charge is 2.25. The summed E-state index contributed by atoms with van der Waals surface area (Å²) in [7, 11) is 2.82. The van der Waals surface area contributed by atoms with E-state index in [1.54, 1.807) is 43.6 Å². The summed E-state index contributed by atoms with van der Waals surface area (Å²) in [6.45, 7) is 1.02. The zero-order valence-corrected chi connectivity index (χ0v) is 19.0. The van der Waals surface area contributed by atoms with Crippen LogP contribution >= 0.6 is 34.5 Å². The first-order valence-corrected chi connectivity index (χ1v) is 10.5. The van der Waals surface area contributed by atoms with Gasteiger partial charge in [-0.3, -0.25) is 9.48 Å². The van der Waals surface area contributed by atoms with Crippen molar-refractivity contribution in [2.75, 3.05) is 19.0 Å². The van der Waals surface area contributed by atoms with E-state index in [9.17, 15) is 14.4 Å². The maximum atomic E-state index is 12.4. The van der Waals surface area contributed by atoms with Crippen LogP contribution in [0.4, 0.5) is 5.00 Å². The van der Waals surface area contributed by atoms with Gasteiger partial charge >= 0.3 is 11.9 Å². The number of ether oxygens (including phenoxy) is 2. The van der Waals surface area contributed by atoms with Crippen LogP contribution in [0.5, 0.6) is 0 Å². The van der Waals surface area contributed by atoms with Gasteiger partial charge in [-0.05, 0) is 13.0 Å². The Morgan fingerprint density at radius 3 is 2.45 bits per heavy atom. The van der Waals surface area contributed by atoms with E-state index < -0.39 is 24.5 Å². The van der Waals surface area contributed by atoms with Gasteiger partial charge in [0.2, 0.25) is 0 Å². The molecule has 0 bridgehead atoms. The Morgan fingerprint density at radius 2 is 1.84 bits per heavy atom. The lowest BCUT2D eigenvalue weighted by molar-refractivity contribution is -0.119. The first-order chi connectivity index (χ1) is 14.7. The molecule has 0 radical (unpaired) electrons. The molecule has 2 aromatic heterocycles. The minimum atomic E-state index is -0.776. The Bertz CT molecular complexity index is 1170. The topological polar surface area (TPSA) is 99.5 Å². The number of carbonyl (C=O) groups excluding carboxylic acids is 3. The van der Waals surface area contributed by atoms with Gasteiger partial charge in [-0.25, -0.2) is 9.59 Å². The van der Waals surface area contributed by atoms with E-state index in [2.05, 4.69) is 10.4 Å². The van der Waals surface area contributed by atoms with Crippen molar-refractivity contribution in [1.29, 1.82) is 0 Å². The Morgan fingerprint density at radius 1 is 1.13 bits per heavy atom. The maximum absolute atomic E-state index is 12.4. The summed E-state index contributed by atoms with van der Waals surface area (Å²) in [5.41, 5.74) is 1.77. The summed E-state index contributed by atoms with van der Waals surface area (Å²) in [5, 5.41) is 9.10. The zero-order chi connectivity index (χ0) is 22.7. The van der Waals surface area contributed by atoms with Gasteiger partial charge < -0.3 is 14.8 Å². The molecule has 8 nitrogen and oxygen atoms in total. The Balaban J connectivity index is 1.78. The fraction of sp³-hybridized carbons (Fsp3) is 0.200. The molecule has 3 rings (SSSR count). The van der Waals surface area contributed by atoms with Crippen molar-refractivity contribution in [1.82, 2.24) is 9.78 Å². The summed E-state index contributed by atoms with van der Waals surface area (Å²) in [6, 6.07) is 7.00. The summed E-state index contributed by atoms with van der Waals surface area (Å²) in [6.07, 6.45) is 0. The third-order valence-corrected chi connectivity index (χ3v) is 5.95. The third-order valence-electron chi connectivity index (χ3n) is 4.29. The molecular formula is C20H17Cl2N3O5S. The first-order valence-electron chi connectivity index (χ1n) is 8.85. The molecule has 162 valence electrons. The van der Waals surface area contributed by atoms with Gasteiger partial charge in [0.15, 0.2) is 6.61 Å². The molecule has 31 heavy (non-hydrogen) atoms. The molecule has 1 N–H and O–H groups in total. The number of nitrogens with one attached hydrogen (secondary N) is 1. The minimum Gasteiger partial charge on any atom is -0.465 e. The van der Waals surface area contributed by atoms with Crippen LogP contribution in [-0.4, -0.2) is 41.3 Å². The third kappa shape index (κ3) is 4.73. The molecular weight excluding hydrogens is 465 g/mol. The molecule has 0 atom stereocenters. The van der Waals surface area contributed by atoms with Crippen LogP contribution in [0, 0.1) is 6.92 Å². The number of benzene rings is 1. The number of halogens is 2. The lowest BCUT2D eigenvalue weighted by Crippen LogP contribution is -2.22. The molecule has 2 heterocycles. The lowest BCUT2D eigenvalue weighted by Gasteiger charge is -2.09. The first kappa shape index (κ1) is 22.8. The summed E-state index contributed by atoms with van der Waals surface area (Å²) < 4.78 is 11.3. The van der Waals surface area contributed by atoms with E-state index >= 15 is 0 Å². The highest BCUT2D eigenvalue weighted by Crippen LogP contribution is 2.39. The fourth-order valence-electron chi connectivity index (χ4n) is 2.86. The lowest BCUT2D eigenvalue weighted by atomic mass is 10.0. The fourth-order valence-corrected chi connectivity index (χ4v) is 4.31. The van der Waals surface area contributed by atoms with Crippen LogP contribution in [0.1, 0.15) is 26.4 Å². The SMILES string of the molecule is COC(=O)c1c(-c2ccccc2Cl)csc1NC(=O)COC(=O)c1c(C)nn(C)c1Cl. The number of thiophene rings is 1. The number of esters is 2. The summed E-state index contributed by atoms with van der Waals surface area (Å²) in [4.78, 5) is 37.1. The van der Waals surface area contributed by atoms with E-state index in [0.29, 0.717) is 21.8 Å². The largest absolute Gasteiger partial charge is 0.465 e. The second-order valence-electron chi connectivity index (χ2n) is 6.32. The predicted molar refractivity (Wildman–Crippen MR) is 118 cm³/mol. The van der Waals surface area contributed by atoms with Crippen LogP contribution in [0.3, 0.4) is 0 Å². The average molecular weight is 482 g/mol. The van der Waals surface area contributed by atoms with Crippen molar-refractivity contribution >= 4 is 57.4 Å². The predicted octanol–water partition coefficient (Wildman–Crippen LogP) is 4.35. The second-order valence-corrected chi connectivity index (χ2v) is 7.97. The van der Waals surface area contributed by atoms with Gasteiger partial charge in [0.25, 0.3) is 5.91 Å². The van der Waals surface area contributed by atoms with Crippen LogP contribution in [0.15, 0.2) is 29.6 Å². The standard InChI is InChI=1S/C20H17Cl2N3O5S/c1-10-15(17(22)25(2)24-10)20(28)30-8-14(26)23-18-16(19(27)29-3)12(9-31-18)11-6-4-5-7-13(11)21/h4-7,9H,8H2,1-3H3,(H,23,26). The highest BCUT2D eigenvalue weighted by molar-refractivity contribution is 7.15. The van der Waals surface area contributed by atoms with Crippen molar-refractivity contribution in [2.24, 2.45) is 7.05 Å². The van der Waals surface area contributed by atoms with Crippen molar-refractivity contribution in [2.45, 2.75) is 6.92 Å². The van der Waals surface area contributed by atoms with Crippen LogP contribution in [0.2, 0.25) is 10.2 Å². The van der Waals surface area contributed by atoms with E-state index in [4.69, 9.17) is 32.7 Å². The highest BCUT2D eigenvalue weighted by atomic mass is 35.5. The van der Waals surface area contributed by atoms with Crippen LogP contribution < -0.4 is 5.32 Å². The number of hydrogen-bond donors (Lipinski definition) is 1. The molecule has 0 aliphatic carbocycles. The molecule has 0 saturated heterocycles. The molecule has 3 aromatic rings. The molecule has 0 saturated carbocycles. The molecule has 0 spiro atoms. The van der Waals surface area contributed by atoms with Gasteiger partial charge in [-0.1, -0.05) is 41.4 Å². The van der Waals surface area contributed by atoms with E-state index in [1.807, 2.05) is 0 Å². The van der Waals surface area contributed by atoms with Gasteiger partial charge in [-0.2, -0.15) is 5.10 Å². The molecule has 0 fully saturated rings. The monoisotopic (exact) mass is 481 g/mol. The number of anilines is 1. The van der Waals surface area contributed by atoms with Crippen molar-refractivity contribution in [3.05, 3.63) is 56.6 Å². The number of methoxy groups -OCH3 is 1. The van der Waals surface area contributed by atoms with Gasteiger partial charge in [0.1, 0.15) is 21.3 Å². The number of rotatable bonds is 6. The van der Waals surface area contributed by atoms with Crippen molar-refractivity contribution in [3.63, 3.8) is 0 Å². The molecule has 11 heteroatoms. The molecule has 0 aliphatic heterocycles. The summed E-state index contributed by atoms with van der Waals surface area (Å²) >= 11 is 13.4. The normalized spacial score (nSPS) is 10.6.